The van der Waals surface area contributed by atoms with Crippen molar-refractivity contribution >= 4 is 11.8 Å². The minimum absolute atomic E-state index is 0.0115. The summed E-state index contributed by atoms with van der Waals surface area (Å²) in [6.07, 6.45) is 2.07. The zero-order chi connectivity index (χ0) is 12.5. The summed E-state index contributed by atoms with van der Waals surface area (Å²) in [6, 6.07) is 0. The normalized spacial score (nSPS) is 33.2. The van der Waals surface area contributed by atoms with Crippen molar-refractivity contribution in [2.75, 3.05) is 39.3 Å². The van der Waals surface area contributed by atoms with Crippen molar-refractivity contribution in [3.05, 3.63) is 0 Å². The lowest BCUT2D eigenvalue weighted by Crippen LogP contribution is -2.44. The Bertz CT molecular complexity index is 342. The summed E-state index contributed by atoms with van der Waals surface area (Å²) in [5, 5.41) is 3.45. The molecule has 3 rings (SSSR count). The van der Waals surface area contributed by atoms with E-state index in [-0.39, 0.29) is 11.8 Å². The minimum atomic E-state index is 0.0115. The van der Waals surface area contributed by atoms with E-state index in [9.17, 15) is 9.59 Å². The summed E-state index contributed by atoms with van der Waals surface area (Å²) in [5.41, 5.74) is 0. The number of likely N-dealkylation sites (tertiary alicyclic amines) is 2. The summed E-state index contributed by atoms with van der Waals surface area (Å²) in [5.74, 6) is 1.63. The van der Waals surface area contributed by atoms with Gasteiger partial charge in [-0.1, -0.05) is 0 Å². The molecule has 0 aliphatic carbocycles. The monoisotopic (exact) mass is 251 g/mol. The molecular weight excluding hydrogens is 230 g/mol. The highest BCUT2D eigenvalue weighted by molar-refractivity contribution is 6.01. The topological polar surface area (TPSA) is 52.7 Å². The Morgan fingerprint density at radius 3 is 2.56 bits per heavy atom. The van der Waals surface area contributed by atoms with Crippen LogP contribution in [0.2, 0.25) is 0 Å². The Kier molecular flexibility index (Phi) is 3.35. The van der Waals surface area contributed by atoms with E-state index in [0.29, 0.717) is 19.4 Å². The van der Waals surface area contributed by atoms with Crippen LogP contribution in [0, 0.1) is 11.8 Å². The average molecular weight is 251 g/mol. The molecule has 0 saturated carbocycles. The zero-order valence-corrected chi connectivity index (χ0v) is 10.7. The molecule has 5 heteroatoms. The van der Waals surface area contributed by atoms with Crippen molar-refractivity contribution in [2.45, 2.75) is 19.3 Å². The number of carbonyl (C=O) groups is 2. The number of piperidine rings is 1. The lowest BCUT2D eigenvalue weighted by atomic mass is 9.89. The highest BCUT2D eigenvalue weighted by atomic mass is 16.2. The average Bonchev–Trinajstić information content (AvgIpc) is 2.94. The summed E-state index contributed by atoms with van der Waals surface area (Å²) >= 11 is 0. The van der Waals surface area contributed by atoms with Gasteiger partial charge in [0.15, 0.2) is 0 Å². The number of nitrogens with zero attached hydrogens (tertiary/aromatic N) is 2. The fourth-order valence-electron chi connectivity index (χ4n) is 3.43. The SMILES string of the molecule is O=C1CCC(=O)N1CCN1CCC2CNCC2C1. The van der Waals surface area contributed by atoms with Crippen LogP contribution in [0.1, 0.15) is 19.3 Å². The molecule has 0 spiro atoms. The smallest absolute Gasteiger partial charge is 0.229 e. The van der Waals surface area contributed by atoms with E-state index < -0.39 is 0 Å². The van der Waals surface area contributed by atoms with Gasteiger partial charge in [-0.15, -0.1) is 0 Å². The molecule has 5 nitrogen and oxygen atoms in total. The van der Waals surface area contributed by atoms with Crippen LogP contribution in [0.3, 0.4) is 0 Å². The molecule has 2 amide bonds. The number of fused-ring (bicyclic) bond motifs is 1. The Balaban J connectivity index is 1.48. The molecule has 3 saturated heterocycles. The van der Waals surface area contributed by atoms with Gasteiger partial charge in [-0.3, -0.25) is 14.5 Å². The van der Waals surface area contributed by atoms with Gasteiger partial charge in [-0.2, -0.15) is 0 Å². The third-order valence-electron chi connectivity index (χ3n) is 4.58. The maximum absolute atomic E-state index is 11.5. The molecule has 0 bridgehead atoms. The second kappa shape index (κ2) is 4.97. The van der Waals surface area contributed by atoms with E-state index >= 15 is 0 Å². The molecule has 1 N–H and O–H groups in total. The number of hydrogen-bond donors (Lipinski definition) is 1. The van der Waals surface area contributed by atoms with Gasteiger partial charge in [0, 0.05) is 32.5 Å². The molecule has 2 atom stereocenters. The van der Waals surface area contributed by atoms with Crippen molar-refractivity contribution in [1.29, 1.82) is 0 Å². The number of hydrogen-bond acceptors (Lipinski definition) is 4. The van der Waals surface area contributed by atoms with Crippen molar-refractivity contribution < 1.29 is 9.59 Å². The maximum Gasteiger partial charge on any atom is 0.229 e. The predicted molar refractivity (Wildman–Crippen MR) is 66.9 cm³/mol. The second-order valence-electron chi connectivity index (χ2n) is 5.71. The van der Waals surface area contributed by atoms with Crippen molar-refractivity contribution in [1.82, 2.24) is 15.1 Å². The Morgan fingerprint density at radius 2 is 1.78 bits per heavy atom. The summed E-state index contributed by atoms with van der Waals surface area (Å²) < 4.78 is 0. The molecule has 2 unspecified atom stereocenters. The molecule has 0 radical (unpaired) electrons. The van der Waals surface area contributed by atoms with E-state index in [1.165, 1.54) is 17.9 Å². The van der Waals surface area contributed by atoms with Crippen LogP contribution in [0.15, 0.2) is 0 Å². The van der Waals surface area contributed by atoms with Gasteiger partial charge >= 0.3 is 0 Å². The molecule has 3 heterocycles. The van der Waals surface area contributed by atoms with E-state index in [2.05, 4.69) is 10.2 Å². The second-order valence-corrected chi connectivity index (χ2v) is 5.71. The van der Waals surface area contributed by atoms with E-state index in [4.69, 9.17) is 0 Å². The van der Waals surface area contributed by atoms with Crippen LogP contribution < -0.4 is 5.32 Å². The van der Waals surface area contributed by atoms with E-state index in [1.54, 1.807) is 0 Å². The number of nitrogens with one attached hydrogen (secondary N) is 1. The summed E-state index contributed by atoms with van der Waals surface area (Å²) in [7, 11) is 0. The fourth-order valence-corrected chi connectivity index (χ4v) is 3.43. The third kappa shape index (κ3) is 2.29. The van der Waals surface area contributed by atoms with Gasteiger partial charge in [0.2, 0.25) is 11.8 Å². The minimum Gasteiger partial charge on any atom is -0.316 e. The predicted octanol–water partition coefficient (Wildman–Crippen LogP) is -0.323. The molecule has 0 aromatic heterocycles. The quantitative estimate of drug-likeness (QED) is 0.698. The van der Waals surface area contributed by atoms with Crippen molar-refractivity contribution in [3.8, 4) is 0 Å². The fraction of sp³-hybridized carbons (Fsp3) is 0.846. The highest BCUT2D eigenvalue weighted by Gasteiger charge is 2.34. The molecule has 18 heavy (non-hydrogen) atoms. The van der Waals surface area contributed by atoms with Crippen LogP contribution in [-0.2, 0) is 9.59 Å². The highest BCUT2D eigenvalue weighted by Crippen LogP contribution is 2.26. The van der Waals surface area contributed by atoms with Crippen LogP contribution in [0.4, 0.5) is 0 Å². The molecule has 0 aromatic carbocycles. The maximum atomic E-state index is 11.5. The molecule has 3 aliphatic heterocycles. The van der Waals surface area contributed by atoms with Crippen LogP contribution >= 0.6 is 0 Å². The summed E-state index contributed by atoms with van der Waals surface area (Å²) in [4.78, 5) is 26.9. The molecule has 3 fully saturated rings. The van der Waals surface area contributed by atoms with Gasteiger partial charge in [0.25, 0.3) is 0 Å². The number of carbonyl (C=O) groups excluding carboxylic acids is 2. The lowest BCUT2D eigenvalue weighted by Gasteiger charge is -2.35. The number of rotatable bonds is 3. The first-order valence-corrected chi connectivity index (χ1v) is 7.00. The van der Waals surface area contributed by atoms with Gasteiger partial charge in [-0.05, 0) is 37.9 Å². The Hall–Kier alpha value is -0.940. The van der Waals surface area contributed by atoms with Crippen LogP contribution in [0.25, 0.3) is 0 Å². The molecule has 0 aromatic rings. The Labute approximate surface area is 107 Å². The van der Waals surface area contributed by atoms with Gasteiger partial charge in [0.05, 0.1) is 0 Å². The Morgan fingerprint density at radius 1 is 1.06 bits per heavy atom. The first kappa shape index (κ1) is 12.1. The van der Waals surface area contributed by atoms with Crippen molar-refractivity contribution in [2.24, 2.45) is 11.8 Å². The lowest BCUT2D eigenvalue weighted by molar-refractivity contribution is -0.138. The summed E-state index contributed by atoms with van der Waals surface area (Å²) in [6.45, 7) is 5.96. The van der Waals surface area contributed by atoms with Crippen LogP contribution in [-0.4, -0.2) is 60.9 Å². The molecule has 100 valence electrons. The van der Waals surface area contributed by atoms with Gasteiger partial charge < -0.3 is 10.2 Å². The van der Waals surface area contributed by atoms with Gasteiger partial charge in [-0.25, -0.2) is 0 Å². The standard InChI is InChI=1S/C13H21N3O2/c17-12-1-2-13(18)16(12)6-5-15-4-3-10-7-14-8-11(10)9-15/h10-11,14H,1-9H2. The van der Waals surface area contributed by atoms with Crippen molar-refractivity contribution in [3.63, 3.8) is 0 Å². The third-order valence-corrected chi connectivity index (χ3v) is 4.58. The largest absolute Gasteiger partial charge is 0.316 e. The first-order valence-electron chi connectivity index (χ1n) is 7.00. The van der Waals surface area contributed by atoms with E-state index in [0.717, 1.165) is 38.0 Å². The number of amides is 2. The van der Waals surface area contributed by atoms with Crippen LogP contribution in [0.5, 0.6) is 0 Å². The molecular formula is C13H21N3O2. The first-order chi connectivity index (χ1) is 8.74. The zero-order valence-electron chi connectivity index (χ0n) is 10.7. The van der Waals surface area contributed by atoms with Gasteiger partial charge in [0.1, 0.15) is 0 Å². The van der Waals surface area contributed by atoms with E-state index in [1.807, 2.05) is 0 Å². The number of imide groups is 1. The molecule has 3 aliphatic rings.